The molecule has 1 saturated heterocycles. The van der Waals surface area contributed by atoms with Crippen LogP contribution in [0.1, 0.15) is 19.3 Å². The molecule has 0 unspecified atom stereocenters. The van der Waals surface area contributed by atoms with Crippen molar-refractivity contribution in [3.8, 4) is 0 Å². The molecule has 0 spiro atoms. The molecule has 2 rings (SSSR count). The Hall–Kier alpha value is -0.980. The lowest BCUT2D eigenvalue weighted by Crippen LogP contribution is -2.36. The SMILES string of the molecule is CS(=O)(=O)N(CCC(=O)N1CCCC1)c1c(Cl)cccc1Cl. The van der Waals surface area contributed by atoms with Crippen LogP contribution in [0.25, 0.3) is 0 Å². The van der Waals surface area contributed by atoms with E-state index in [4.69, 9.17) is 23.2 Å². The summed E-state index contributed by atoms with van der Waals surface area (Å²) >= 11 is 12.2. The van der Waals surface area contributed by atoms with E-state index in [1.807, 2.05) is 0 Å². The van der Waals surface area contributed by atoms with Crippen molar-refractivity contribution in [3.63, 3.8) is 0 Å². The van der Waals surface area contributed by atoms with Crippen LogP contribution in [0, 0.1) is 0 Å². The molecule has 5 nitrogen and oxygen atoms in total. The van der Waals surface area contributed by atoms with E-state index in [-0.39, 0.29) is 34.6 Å². The normalized spacial score (nSPS) is 15.1. The first-order chi connectivity index (χ1) is 10.3. The Morgan fingerprint density at radius 2 is 1.77 bits per heavy atom. The average Bonchev–Trinajstić information content (AvgIpc) is 2.94. The van der Waals surface area contributed by atoms with Gasteiger partial charge in [-0.05, 0) is 25.0 Å². The molecule has 8 heteroatoms. The van der Waals surface area contributed by atoms with Crippen molar-refractivity contribution < 1.29 is 13.2 Å². The molecule has 0 aliphatic carbocycles. The van der Waals surface area contributed by atoms with Crippen LogP contribution in [0.2, 0.25) is 10.0 Å². The van der Waals surface area contributed by atoms with Crippen LogP contribution in [0.15, 0.2) is 18.2 Å². The number of hydrogen-bond donors (Lipinski definition) is 0. The second-order valence-electron chi connectivity index (χ2n) is 5.24. The first-order valence-electron chi connectivity index (χ1n) is 7.00. The maximum absolute atomic E-state index is 12.1. The topological polar surface area (TPSA) is 57.7 Å². The molecule has 0 atom stereocenters. The lowest BCUT2D eigenvalue weighted by atomic mass is 10.3. The van der Waals surface area contributed by atoms with Crippen molar-refractivity contribution in [2.45, 2.75) is 19.3 Å². The first kappa shape index (κ1) is 17.4. The summed E-state index contributed by atoms with van der Waals surface area (Å²) in [5.74, 6) is -0.0469. The van der Waals surface area contributed by atoms with Crippen LogP contribution in [0.3, 0.4) is 0 Å². The van der Waals surface area contributed by atoms with Crippen LogP contribution in [0.5, 0.6) is 0 Å². The van der Waals surface area contributed by atoms with Gasteiger partial charge in [0, 0.05) is 26.1 Å². The van der Waals surface area contributed by atoms with E-state index in [1.54, 1.807) is 23.1 Å². The van der Waals surface area contributed by atoms with E-state index < -0.39 is 10.0 Å². The van der Waals surface area contributed by atoms with Gasteiger partial charge in [-0.25, -0.2) is 8.42 Å². The maximum atomic E-state index is 12.1. The summed E-state index contributed by atoms with van der Waals surface area (Å²) in [6, 6.07) is 4.79. The number of hydrogen-bond acceptors (Lipinski definition) is 3. The number of benzene rings is 1. The fourth-order valence-corrected chi connectivity index (χ4v) is 4.15. The van der Waals surface area contributed by atoms with Crippen molar-refractivity contribution in [1.29, 1.82) is 0 Å². The number of amides is 1. The summed E-state index contributed by atoms with van der Waals surface area (Å²) in [7, 11) is -3.59. The quantitative estimate of drug-likeness (QED) is 0.806. The second-order valence-corrected chi connectivity index (χ2v) is 7.96. The van der Waals surface area contributed by atoms with Gasteiger partial charge in [0.1, 0.15) is 0 Å². The summed E-state index contributed by atoms with van der Waals surface area (Å²) < 4.78 is 25.2. The van der Waals surface area contributed by atoms with Crippen LogP contribution in [0.4, 0.5) is 5.69 Å². The molecular weight excluding hydrogens is 347 g/mol. The van der Waals surface area contributed by atoms with Gasteiger partial charge < -0.3 is 4.90 Å². The summed E-state index contributed by atoms with van der Waals surface area (Å²) in [6.45, 7) is 1.51. The number of halogens is 2. The Morgan fingerprint density at radius 1 is 1.23 bits per heavy atom. The van der Waals surface area contributed by atoms with Gasteiger partial charge in [-0.15, -0.1) is 0 Å². The van der Waals surface area contributed by atoms with Gasteiger partial charge in [-0.2, -0.15) is 0 Å². The predicted molar refractivity (Wildman–Crippen MR) is 89.1 cm³/mol. The highest BCUT2D eigenvalue weighted by Gasteiger charge is 2.25. The van der Waals surface area contributed by atoms with Crippen LogP contribution >= 0.6 is 23.2 Å². The molecule has 0 N–H and O–H groups in total. The number of sulfonamides is 1. The molecule has 0 radical (unpaired) electrons. The Labute approximate surface area is 140 Å². The highest BCUT2D eigenvalue weighted by Crippen LogP contribution is 2.35. The monoisotopic (exact) mass is 364 g/mol. The molecule has 0 saturated carbocycles. The van der Waals surface area contributed by atoms with Gasteiger partial charge in [-0.1, -0.05) is 29.3 Å². The Morgan fingerprint density at radius 3 is 2.27 bits per heavy atom. The van der Waals surface area contributed by atoms with Gasteiger partial charge in [0.25, 0.3) is 0 Å². The molecule has 22 heavy (non-hydrogen) atoms. The van der Waals surface area contributed by atoms with Gasteiger partial charge in [0.15, 0.2) is 0 Å². The third kappa shape index (κ3) is 4.06. The molecule has 1 aliphatic rings. The molecule has 1 fully saturated rings. The number of para-hydroxylation sites is 1. The zero-order valence-corrected chi connectivity index (χ0v) is 14.6. The molecule has 0 aromatic heterocycles. The maximum Gasteiger partial charge on any atom is 0.232 e. The van der Waals surface area contributed by atoms with Gasteiger partial charge in [-0.3, -0.25) is 9.10 Å². The lowest BCUT2D eigenvalue weighted by Gasteiger charge is -2.25. The molecule has 0 bridgehead atoms. The van der Waals surface area contributed by atoms with Crippen molar-refractivity contribution in [3.05, 3.63) is 28.2 Å². The molecule has 1 aromatic rings. The number of carbonyl (C=O) groups is 1. The smallest absolute Gasteiger partial charge is 0.232 e. The largest absolute Gasteiger partial charge is 0.343 e. The van der Waals surface area contributed by atoms with E-state index >= 15 is 0 Å². The van der Waals surface area contributed by atoms with E-state index in [1.165, 1.54) is 0 Å². The summed E-state index contributed by atoms with van der Waals surface area (Å²) in [5.41, 5.74) is 0.225. The van der Waals surface area contributed by atoms with Crippen LogP contribution in [-0.4, -0.2) is 45.1 Å². The number of rotatable bonds is 5. The molecule has 1 amide bonds. The minimum absolute atomic E-state index is 0.0254. The highest BCUT2D eigenvalue weighted by molar-refractivity contribution is 7.92. The average molecular weight is 365 g/mol. The van der Waals surface area contributed by atoms with Gasteiger partial charge >= 0.3 is 0 Å². The van der Waals surface area contributed by atoms with Crippen molar-refractivity contribution in [2.75, 3.05) is 30.2 Å². The van der Waals surface area contributed by atoms with Crippen molar-refractivity contribution in [2.24, 2.45) is 0 Å². The van der Waals surface area contributed by atoms with Crippen LogP contribution in [-0.2, 0) is 14.8 Å². The molecule has 1 heterocycles. The summed E-state index contributed by atoms with van der Waals surface area (Å²) in [4.78, 5) is 13.9. The summed E-state index contributed by atoms with van der Waals surface area (Å²) in [6.07, 6.45) is 3.18. The molecular formula is C14H18Cl2N2O3S. The van der Waals surface area contributed by atoms with E-state index in [0.717, 1.165) is 36.5 Å². The fourth-order valence-electron chi connectivity index (χ4n) is 2.49. The Kier molecular flexibility index (Phi) is 5.58. The highest BCUT2D eigenvalue weighted by atomic mass is 35.5. The zero-order valence-electron chi connectivity index (χ0n) is 12.3. The Bertz CT molecular complexity index is 638. The molecule has 1 aliphatic heterocycles. The predicted octanol–water partition coefficient (Wildman–Crippen LogP) is 2.77. The minimum atomic E-state index is -3.59. The molecule has 1 aromatic carbocycles. The first-order valence-corrected chi connectivity index (χ1v) is 9.60. The standard InChI is InChI=1S/C14H18Cl2N2O3S/c1-22(20,21)18(14-11(15)5-4-6-12(14)16)10-7-13(19)17-8-2-3-9-17/h4-6H,2-3,7-10H2,1H3. The van der Waals surface area contributed by atoms with E-state index in [9.17, 15) is 13.2 Å². The number of nitrogens with zero attached hydrogens (tertiary/aromatic N) is 2. The van der Waals surface area contributed by atoms with Gasteiger partial charge in [0.2, 0.25) is 15.9 Å². The molecule has 122 valence electrons. The summed E-state index contributed by atoms with van der Waals surface area (Å²) in [5, 5.41) is 0.484. The third-order valence-electron chi connectivity index (χ3n) is 3.57. The van der Waals surface area contributed by atoms with Crippen molar-refractivity contribution in [1.82, 2.24) is 4.90 Å². The fraction of sp³-hybridized carbons (Fsp3) is 0.500. The van der Waals surface area contributed by atoms with Crippen LogP contribution < -0.4 is 4.31 Å². The lowest BCUT2D eigenvalue weighted by molar-refractivity contribution is -0.129. The van der Waals surface area contributed by atoms with E-state index in [0.29, 0.717) is 0 Å². The minimum Gasteiger partial charge on any atom is -0.343 e. The van der Waals surface area contributed by atoms with Gasteiger partial charge in [0.05, 0.1) is 22.0 Å². The number of likely N-dealkylation sites (tertiary alicyclic amines) is 1. The zero-order chi connectivity index (χ0) is 16.3. The second kappa shape index (κ2) is 7.06. The third-order valence-corrected chi connectivity index (χ3v) is 5.35. The number of anilines is 1. The Balaban J connectivity index is 2.19. The number of carbonyl (C=O) groups excluding carboxylic acids is 1. The van der Waals surface area contributed by atoms with Crippen molar-refractivity contribution >= 4 is 44.8 Å². The van der Waals surface area contributed by atoms with E-state index in [2.05, 4.69) is 0 Å².